The van der Waals surface area contributed by atoms with Crippen LogP contribution in [-0.4, -0.2) is 52.6 Å². The molecule has 1 aliphatic rings. The molecule has 0 bridgehead atoms. The van der Waals surface area contributed by atoms with Gasteiger partial charge in [0, 0.05) is 13.1 Å². The summed E-state index contributed by atoms with van der Waals surface area (Å²) in [5.74, 6) is -1.31. The van der Waals surface area contributed by atoms with Crippen LogP contribution in [0.1, 0.15) is 27.7 Å². The van der Waals surface area contributed by atoms with Gasteiger partial charge in [0.25, 0.3) is 5.91 Å². The largest absolute Gasteiger partial charge is 0.480 e. The van der Waals surface area contributed by atoms with Crippen molar-refractivity contribution in [2.75, 3.05) is 13.1 Å². The number of hydrogen-bond donors (Lipinski definition) is 3. The number of carboxylic acid groups (broad SMARTS) is 1. The second-order valence-electron chi connectivity index (χ2n) is 5.53. The van der Waals surface area contributed by atoms with Crippen molar-refractivity contribution in [1.82, 2.24) is 15.5 Å². The molecular weight excluding hydrogens is 250 g/mol. The van der Waals surface area contributed by atoms with Crippen LogP contribution in [0.5, 0.6) is 0 Å². The van der Waals surface area contributed by atoms with E-state index in [9.17, 15) is 14.4 Å². The first-order chi connectivity index (χ1) is 8.66. The highest BCUT2D eigenvalue weighted by atomic mass is 16.4. The molecule has 3 N–H and O–H groups in total. The van der Waals surface area contributed by atoms with Crippen LogP contribution in [0, 0.1) is 5.92 Å². The minimum Gasteiger partial charge on any atom is -0.480 e. The molecule has 1 aliphatic heterocycles. The van der Waals surface area contributed by atoms with Crippen LogP contribution in [0.15, 0.2) is 0 Å². The monoisotopic (exact) mass is 271 g/mol. The van der Waals surface area contributed by atoms with Crippen LogP contribution in [0.25, 0.3) is 0 Å². The number of amides is 3. The summed E-state index contributed by atoms with van der Waals surface area (Å²) in [6.45, 7) is 7.27. The van der Waals surface area contributed by atoms with Crippen LogP contribution in [0.4, 0.5) is 4.79 Å². The standard InChI is InChI=1S/C12H21N3O4/c1-7(2)8(9(16)17)13-5-6-15-10(18)12(3,4)14-11(15)19/h7-8,13H,5-6H2,1-4H3,(H,14,19)(H,16,17). The van der Waals surface area contributed by atoms with Gasteiger partial charge >= 0.3 is 12.0 Å². The number of nitrogens with one attached hydrogen (secondary N) is 2. The Morgan fingerprint density at radius 2 is 2.00 bits per heavy atom. The third kappa shape index (κ3) is 3.44. The lowest BCUT2D eigenvalue weighted by atomic mass is 10.0. The average Bonchev–Trinajstić information content (AvgIpc) is 2.44. The van der Waals surface area contributed by atoms with E-state index in [4.69, 9.17) is 5.11 Å². The Balaban J connectivity index is 2.52. The molecule has 1 unspecified atom stereocenters. The van der Waals surface area contributed by atoms with Crippen LogP contribution < -0.4 is 10.6 Å². The van der Waals surface area contributed by atoms with E-state index in [1.54, 1.807) is 27.7 Å². The average molecular weight is 271 g/mol. The maximum atomic E-state index is 11.9. The third-order valence-electron chi connectivity index (χ3n) is 3.08. The van der Waals surface area contributed by atoms with Gasteiger partial charge in [0.15, 0.2) is 0 Å². The van der Waals surface area contributed by atoms with Gasteiger partial charge in [-0.2, -0.15) is 0 Å². The number of carbonyl (C=O) groups is 3. The van der Waals surface area contributed by atoms with Crippen LogP contribution >= 0.6 is 0 Å². The number of aliphatic carboxylic acids is 1. The molecule has 108 valence electrons. The van der Waals surface area contributed by atoms with Gasteiger partial charge in [0.2, 0.25) is 0 Å². The summed E-state index contributed by atoms with van der Waals surface area (Å²) in [4.78, 5) is 35.6. The lowest BCUT2D eigenvalue weighted by Crippen LogP contribution is -2.46. The molecule has 1 rings (SSSR count). The Bertz CT molecular complexity index is 392. The maximum absolute atomic E-state index is 11.9. The summed E-state index contributed by atoms with van der Waals surface area (Å²) in [5.41, 5.74) is -0.888. The molecule has 1 atom stereocenters. The molecule has 3 amide bonds. The predicted octanol–water partition coefficient (Wildman–Crippen LogP) is 0.0156. The predicted molar refractivity (Wildman–Crippen MR) is 68.6 cm³/mol. The molecule has 7 nitrogen and oxygen atoms in total. The summed E-state index contributed by atoms with van der Waals surface area (Å²) in [7, 11) is 0. The topological polar surface area (TPSA) is 98.7 Å². The lowest BCUT2D eigenvalue weighted by Gasteiger charge is -2.20. The first kappa shape index (κ1) is 15.4. The van der Waals surface area contributed by atoms with Gasteiger partial charge in [-0.25, -0.2) is 4.79 Å². The minimum absolute atomic E-state index is 0.0722. The highest BCUT2D eigenvalue weighted by Gasteiger charge is 2.43. The molecule has 0 aromatic heterocycles. The molecule has 0 saturated carbocycles. The molecule has 0 aliphatic carbocycles. The zero-order valence-corrected chi connectivity index (χ0v) is 11.7. The summed E-state index contributed by atoms with van der Waals surface area (Å²) in [6, 6.07) is -1.12. The van der Waals surface area contributed by atoms with Gasteiger partial charge in [-0.15, -0.1) is 0 Å². The highest BCUT2D eigenvalue weighted by Crippen LogP contribution is 2.15. The third-order valence-corrected chi connectivity index (χ3v) is 3.08. The zero-order chi connectivity index (χ0) is 14.8. The molecule has 0 spiro atoms. The van der Waals surface area contributed by atoms with Crippen molar-refractivity contribution < 1.29 is 19.5 Å². The van der Waals surface area contributed by atoms with Crippen molar-refractivity contribution in [1.29, 1.82) is 0 Å². The van der Waals surface area contributed by atoms with Crippen LogP contribution in [0.3, 0.4) is 0 Å². The van der Waals surface area contributed by atoms with Gasteiger partial charge in [-0.05, 0) is 19.8 Å². The van der Waals surface area contributed by atoms with E-state index >= 15 is 0 Å². The SMILES string of the molecule is CC(C)C(NCCN1C(=O)NC(C)(C)C1=O)C(=O)O. The van der Waals surface area contributed by atoms with Gasteiger partial charge in [-0.3, -0.25) is 14.5 Å². The Morgan fingerprint density at radius 3 is 2.37 bits per heavy atom. The van der Waals surface area contributed by atoms with E-state index < -0.39 is 23.6 Å². The summed E-state index contributed by atoms with van der Waals surface area (Å²) in [5, 5.41) is 14.4. The quantitative estimate of drug-likeness (QED) is 0.591. The van der Waals surface area contributed by atoms with E-state index in [1.165, 1.54) is 0 Å². The Labute approximate surface area is 112 Å². The van der Waals surface area contributed by atoms with Crippen molar-refractivity contribution in [2.45, 2.75) is 39.3 Å². The highest BCUT2D eigenvalue weighted by molar-refractivity contribution is 6.06. The smallest absolute Gasteiger partial charge is 0.325 e. The van der Waals surface area contributed by atoms with Crippen LogP contribution in [-0.2, 0) is 9.59 Å². The normalized spacial score (nSPS) is 19.7. The number of carboxylic acids is 1. The molecule has 1 heterocycles. The minimum atomic E-state index is -0.937. The molecule has 1 fully saturated rings. The lowest BCUT2D eigenvalue weighted by molar-refractivity contribution is -0.140. The number of rotatable bonds is 6. The molecular formula is C12H21N3O4. The summed E-state index contributed by atoms with van der Waals surface area (Å²) >= 11 is 0. The van der Waals surface area contributed by atoms with Crippen molar-refractivity contribution in [3.8, 4) is 0 Å². The second-order valence-corrected chi connectivity index (χ2v) is 5.53. The molecule has 19 heavy (non-hydrogen) atoms. The van der Waals surface area contributed by atoms with Gasteiger partial charge in [-0.1, -0.05) is 13.8 Å². The first-order valence-electron chi connectivity index (χ1n) is 6.27. The maximum Gasteiger partial charge on any atom is 0.325 e. The number of carbonyl (C=O) groups excluding carboxylic acids is 2. The van der Waals surface area contributed by atoms with E-state index in [1.807, 2.05) is 0 Å². The molecule has 0 aromatic carbocycles. The Kier molecular flexibility index (Phi) is 4.52. The van der Waals surface area contributed by atoms with Gasteiger partial charge in [0.05, 0.1) is 0 Å². The fraction of sp³-hybridized carbons (Fsp3) is 0.750. The van der Waals surface area contributed by atoms with Crippen LogP contribution in [0.2, 0.25) is 0 Å². The number of nitrogens with zero attached hydrogens (tertiary/aromatic N) is 1. The van der Waals surface area contributed by atoms with Crippen molar-refractivity contribution in [3.05, 3.63) is 0 Å². The van der Waals surface area contributed by atoms with E-state index in [-0.39, 0.29) is 24.9 Å². The fourth-order valence-corrected chi connectivity index (χ4v) is 1.96. The number of urea groups is 1. The van der Waals surface area contributed by atoms with Crippen molar-refractivity contribution >= 4 is 17.9 Å². The van der Waals surface area contributed by atoms with E-state index in [0.717, 1.165) is 4.90 Å². The van der Waals surface area contributed by atoms with E-state index in [0.29, 0.717) is 0 Å². The summed E-state index contributed by atoms with van der Waals surface area (Å²) < 4.78 is 0. The van der Waals surface area contributed by atoms with Gasteiger partial charge in [0.1, 0.15) is 11.6 Å². The molecule has 7 heteroatoms. The molecule has 0 aromatic rings. The van der Waals surface area contributed by atoms with Gasteiger partial charge < -0.3 is 15.7 Å². The summed E-state index contributed by atoms with van der Waals surface area (Å²) in [6.07, 6.45) is 0. The Hall–Kier alpha value is -1.63. The molecule has 1 saturated heterocycles. The Morgan fingerprint density at radius 1 is 1.42 bits per heavy atom. The van der Waals surface area contributed by atoms with Crippen molar-refractivity contribution in [3.63, 3.8) is 0 Å². The fourth-order valence-electron chi connectivity index (χ4n) is 1.96. The first-order valence-corrected chi connectivity index (χ1v) is 6.27. The zero-order valence-electron chi connectivity index (χ0n) is 11.7. The van der Waals surface area contributed by atoms with Crippen molar-refractivity contribution in [2.24, 2.45) is 5.92 Å². The number of hydrogen-bond acceptors (Lipinski definition) is 4. The van der Waals surface area contributed by atoms with E-state index in [2.05, 4.69) is 10.6 Å². The molecule has 0 radical (unpaired) electrons. The second kappa shape index (κ2) is 5.56. The number of imide groups is 1.